The van der Waals surface area contributed by atoms with Crippen molar-refractivity contribution in [3.63, 3.8) is 0 Å². The summed E-state index contributed by atoms with van der Waals surface area (Å²) >= 11 is 0. The molecule has 3 aromatic carbocycles. The van der Waals surface area contributed by atoms with E-state index in [2.05, 4.69) is 15.6 Å². The zero-order valence-electron chi connectivity index (χ0n) is 19.1. The average molecular weight is 476 g/mol. The van der Waals surface area contributed by atoms with Gasteiger partial charge in [-0.2, -0.15) is 13.2 Å². The number of pyridine rings is 1. The number of hydrogen-bond acceptors (Lipinski definition) is 3. The molecular formula is C28H24F3N3O. The highest BCUT2D eigenvalue weighted by molar-refractivity contribution is 6.08. The summed E-state index contributed by atoms with van der Waals surface area (Å²) < 4.78 is 38.8. The van der Waals surface area contributed by atoms with Gasteiger partial charge >= 0.3 is 6.18 Å². The van der Waals surface area contributed by atoms with Crippen LogP contribution in [0, 0.1) is 6.92 Å². The van der Waals surface area contributed by atoms with Gasteiger partial charge in [0.1, 0.15) is 0 Å². The number of alkyl halides is 3. The van der Waals surface area contributed by atoms with Gasteiger partial charge in [0, 0.05) is 41.8 Å². The maximum absolute atomic E-state index is 13.0. The van der Waals surface area contributed by atoms with E-state index in [0.717, 1.165) is 42.0 Å². The first-order valence-corrected chi connectivity index (χ1v) is 11.1. The molecule has 35 heavy (non-hydrogen) atoms. The number of nitrogens with zero attached hydrogens (tertiary/aromatic N) is 1. The van der Waals surface area contributed by atoms with Gasteiger partial charge in [-0.15, -0.1) is 0 Å². The summed E-state index contributed by atoms with van der Waals surface area (Å²) in [7, 11) is 0. The number of aromatic nitrogens is 1. The summed E-state index contributed by atoms with van der Waals surface area (Å²) in [6.07, 6.45) is -1.85. The molecule has 0 aliphatic rings. The standard InChI is InChI=1S/C28H24F3N3O/c1-19-5-14-25(26(18-19)20-6-8-21(9-7-20)28(29,30)31)27(35)34-24-12-10-23(11-13-24)33-17-15-22-4-2-3-16-32-22/h2-14,16,18,33H,15,17H2,1H3,(H,34,35). The molecule has 0 unspecified atom stereocenters. The van der Waals surface area contributed by atoms with Gasteiger partial charge in [0.25, 0.3) is 5.91 Å². The van der Waals surface area contributed by atoms with Crippen molar-refractivity contribution in [2.45, 2.75) is 19.5 Å². The summed E-state index contributed by atoms with van der Waals surface area (Å²) in [5, 5.41) is 6.20. The second-order valence-electron chi connectivity index (χ2n) is 8.15. The van der Waals surface area contributed by atoms with Gasteiger partial charge in [-0.3, -0.25) is 9.78 Å². The van der Waals surface area contributed by atoms with Crippen LogP contribution in [0.1, 0.15) is 27.2 Å². The minimum absolute atomic E-state index is 0.337. The van der Waals surface area contributed by atoms with Crippen molar-refractivity contribution in [1.82, 2.24) is 4.98 Å². The fourth-order valence-electron chi connectivity index (χ4n) is 3.68. The Bertz CT molecular complexity index is 1290. The van der Waals surface area contributed by atoms with E-state index in [1.165, 1.54) is 12.1 Å². The van der Waals surface area contributed by atoms with E-state index in [1.54, 1.807) is 36.5 Å². The highest BCUT2D eigenvalue weighted by Gasteiger charge is 2.30. The minimum atomic E-state index is -4.41. The van der Waals surface area contributed by atoms with E-state index in [0.29, 0.717) is 22.4 Å². The normalized spacial score (nSPS) is 11.2. The largest absolute Gasteiger partial charge is 0.416 e. The molecule has 1 amide bonds. The van der Waals surface area contributed by atoms with Gasteiger partial charge in [-0.25, -0.2) is 0 Å². The van der Waals surface area contributed by atoms with Crippen LogP contribution in [0.2, 0.25) is 0 Å². The number of anilines is 2. The van der Waals surface area contributed by atoms with Crippen LogP contribution >= 0.6 is 0 Å². The van der Waals surface area contributed by atoms with Gasteiger partial charge in [-0.1, -0.05) is 35.9 Å². The molecule has 0 aliphatic carbocycles. The van der Waals surface area contributed by atoms with Gasteiger partial charge < -0.3 is 10.6 Å². The predicted octanol–water partition coefficient (Wildman–Crippen LogP) is 6.98. The number of nitrogens with one attached hydrogen (secondary N) is 2. The molecular weight excluding hydrogens is 451 g/mol. The van der Waals surface area contributed by atoms with E-state index < -0.39 is 11.7 Å². The van der Waals surface area contributed by atoms with Crippen molar-refractivity contribution >= 4 is 17.3 Å². The van der Waals surface area contributed by atoms with Crippen molar-refractivity contribution in [2.75, 3.05) is 17.2 Å². The highest BCUT2D eigenvalue weighted by Crippen LogP contribution is 2.32. The summed E-state index contributed by atoms with van der Waals surface area (Å²) in [6.45, 7) is 2.59. The van der Waals surface area contributed by atoms with Crippen molar-refractivity contribution in [2.24, 2.45) is 0 Å². The third-order valence-electron chi connectivity index (χ3n) is 5.52. The zero-order valence-corrected chi connectivity index (χ0v) is 19.1. The minimum Gasteiger partial charge on any atom is -0.385 e. The lowest BCUT2D eigenvalue weighted by atomic mass is 9.96. The molecule has 178 valence electrons. The maximum atomic E-state index is 13.0. The van der Waals surface area contributed by atoms with Crippen LogP contribution in [0.3, 0.4) is 0 Å². The highest BCUT2D eigenvalue weighted by atomic mass is 19.4. The number of amides is 1. The second kappa shape index (κ2) is 10.4. The molecule has 1 heterocycles. The first-order valence-electron chi connectivity index (χ1n) is 11.1. The van der Waals surface area contributed by atoms with E-state index in [9.17, 15) is 18.0 Å². The SMILES string of the molecule is Cc1ccc(C(=O)Nc2ccc(NCCc3ccccn3)cc2)c(-c2ccc(C(F)(F)F)cc2)c1. The van der Waals surface area contributed by atoms with Gasteiger partial charge in [0.2, 0.25) is 0 Å². The maximum Gasteiger partial charge on any atom is 0.416 e. The van der Waals surface area contributed by atoms with E-state index in [1.807, 2.05) is 37.3 Å². The zero-order chi connectivity index (χ0) is 24.8. The number of carbonyl (C=O) groups is 1. The number of halogens is 3. The molecule has 0 fully saturated rings. The molecule has 0 saturated heterocycles. The quantitative estimate of drug-likeness (QED) is 0.303. The number of rotatable bonds is 7. The molecule has 2 N–H and O–H groups in total. The molecule has 4 nitrogen and oxygen atoms in total. The molecule has 0 atom stereocenters. The van der Waals surface area contributed by atoms with Crippen LogP contribution in [0.5, 0.6) is 0 Å². The van der Waals surface area contributed by atoms with Crippen LogP contribution in [0.15, 0.2) is 91.1 Å². The summed E-state index contributed by atoms with van der Waals surface area (Å²) in [5.41, 5.74) is 4.21. The molecule has 7 heteroatoms. The second-order valence-corrected chi connectivity index (χ2v) is 8.15. The monoisotopic (exact) mass is 475 g/mol. The molecule has 0 spiro atoms. The first kappa shape index (κ1) is 24.0. The number of aryl methyl sites for hydroxylation is 1. The number of carbonyl (C=O) groups excluding carboxylic acids is 1. The van der Waals surface area contributed by atoms with E-state index >= 15 is 0 Å². The van der Waals surface area contributed by atoms with Crippen LogP contribution in [-0.4, -0.2) is 17.4 Å². The third kappa shape index (κ3) is 6.26. The lowest BCUT2D eigenvalue weighted by Gasteiger charge is -2.13. The van der Waals surface area contributed by atoms with Crippen LogP contribution in [0.25, 0.3) is 11.1 Å². The molecule has 0 aliphatic heterocycles. The van der Waals surface area contributed by atoms with Gasteiger partial charge in [0.05, 0.1) is 5.56 Å². The molecule has 0 bridgehead atoms. The summed E-state index contributed by atoms with van der Waals surface area (Å²) in [6, 6.07) is 23.3. The average Bonchev–Trinajstić information content (AvgIpc) is 2.85. The Kier molecular flexibility index (Phi) is 7.15. The van der Waals surface area contributed by atoms with Gasteiger partial charge in [-0.05, 0) is 72.6 Å². The fourth-order valence-corrected chi connectivity index (χ4v) is 3.68. The van der Waals surface area contributed by atoms with Crippen LogP contribution in [0.4, 0.5) is 24.5 Å². The Morgan fingerprint density at radius 1 is 0.886 bits per heavy atom. The Balaban J connectivity index is 1.44. The lowest BCUT2D eigenvalue weighted by molar-refractivity contribution is -0.137. The van der Waals surface area contributed by atoms with Crippen molar-refractivity contribution < 1.29 is 18.0 Å². The topological polar surface area (TPSA) is 54.0 Å². The Morgan fingerprint density at radius 3 is 2.26 bits per heavy atom. The summed E-state index contributed by atoms with van der Waals surface area (Å²) in [4.78, 5) is 17.3. The van der Waals surface area contributed by atoms with Crippen molar-refractivity contribution in [3.05, 3.63) is 114 Å². The molecule has 4 rings (SSSR count). The van der Waals surface area contributed by atoms with E-state index in [-0.39, 0.29) is 5.91 Å². The Morgan fingerprint density at radius 2 is 1.60 bits per heavy atom. The molecule has 0 saturated carbocycles. The summed E-state index contributed by atoms with van der Waals surface area (Å²) in [5.74, 6) is -0.337. The smallest absolute Gasteiger partial charge is 0.385 e. The Hall–Kier alpha value is -4.13. The molecule has 4 aromatic rings. The van der Waals surface area contributed by atoms with E-state index in [4.69, 9.17) is 0 Å². The van der Waals surface area contributed by atoms with Crippen molar-refractivity contribution in [1.29, 1.82) is 0 Å². The van der Waals surface area contributed by atoms with Crippen LogP contribution < -0.4 is 10.6 Å². The molecule has 1 aromatic heterocycles. The van der Waals surface area contributed by atoms with Crippen molar-refractivity contribution in [3.8, 4) is 11.1 Å². The number of hydrogen-bond donors (Lipinski definition) is 2. The first-order chi connectivity index (χ1) is 16.8. The van der Waals surface area contributed by atoms with Crippen LogP contribution in [-0.2, 0) is 12.6 Å². The number of benzene rings is 3. The lowest BCUT2D eigenvalue weighted by Crippen LogP contribution is -2.13. The fraction of sp³-hybridized carbons (Fsp3) is 0.143. The molecule has 0 radical (unpaired) electrons. The van der Waals surface area contributed by atoms with Gasteiger partial charge in [0.15, 0.2) is 0 Å². The Labute approximate surface area is 201 Å². The predicted molar refractivity (Wildman–Crippen MR) is 132 cm³/mol. The third-order valence-corrected chi connectivity index (χ3v) is 5.52.